The molecular weight excluding hydrogens is 447 g/mol. The number of nitrogens with one attached hydrogen (secondary N) is 2. The molecule has 0 unspecified atom stereocenters. The summed E-state index contributed by atoms with van der Waals surface area (Å²) >= 11 is 0. The van der Waals surface area contributed by atoms with Gasteiger partial charge >= 0.3 is 0 Å². The van der Waals surface area contributed by atoms with E-state index in [-0.39, 0.29) is 26.9 Å². The number of sulfonamides is 2. The smallest absolute Gasteiger partial charge is 0.262 e. The monoisotopic (exact) mass is 466 g/mol. The maximum absolute atomic E-state index is 13.0. The summed E-state index contributed by atoms with van der Waals surface area (Å²) in [5.41, 5.74) is 0.357. The summed E-state index contributed by atoms with van der Waals surface area (Å²) in [6.07, 6.45) is 0. The van der Waals surface area contributed by atoms with Gasteiger partial charge in [0.2, 0.25) is 0 Å². The summed E-state index contributed by atoms with van der Waals surface area (Å²) in [5.74, 6) is 0.136. The number of rotatable bonds is 8. The number of hydrogen-bond donors (Lipinski definition) is 2. The van der Waals surface area contributed by atoms with Crippen molar-refractivity contribution in [3.63, 3.8) is 0 Å². The first kappa shape index (κ1) is 22.4. The van der Waals surface area contributed by atoms with Crippen LogP contribution in [0.2, 0.25) is 0 Å². The van der Waals surface area contributed by atoms with Crippen LogP contribution in [0.15, 0.2) is 76.5 Å². The minimum atomic E-state index is -3.96. The lowest BCUT2D eigenvalue weighted by atomic mass is 10.3. The molecular formula is C20H19FN2O6S2. The van der Waals surface area contributed by atoms with Crippen LogP contribution in [-0.2, 0) is 20.0 Å². The van der Waals surface area contributed by atoms with Crippen LogP contribution in [0.4, 0.5) is 15.8 Å². The summed E-state index contributed by atoms with van der Waals surface area (Å²) in [4.78, 5) is -0.147. The second-order valence-corrected chi connectivity index (χ2v) is 9.62. The Kier molecular flexibility index (Phi) is 6.37. The van der Waals surface area contributed by atoms with Crippen LogP contribution < -0.4 is 18.9 Å². The molecule has 0 aliphatic heterocycles. The van der Waals surface area contributed by atoms with Crippen LogP contribution in [0.3, 0.4) is 0 Å². The Morgan fingerprint density at radius 3 is 1.61 bits per heavy atom. The highest BCUT2D eigenvalue weighted by Gasteiger charge is 2.19. The highest BCUT2D eigenvalue weighted by molar-refractivity contribution is 7.93. The van der Waals surface area contributed by atoms with Crippen molar-refractivity contribution in [2.45, 2.75) is 9.79 Å². The highest BCUT2D eigenvalue weighted by atomic mass is 32.2. The molecule has 0 aliphatic rings. The van der Waals surface area contributed by atoms with Crippen LogP contribution in [0.5, 0.6) is 11.5 Å². The molecule has 11 heteroatoms. The molecule has 3 aromatic carbocycles. The quantitative estimate of drug-likeness (QED) is 0.526. The lowest BCUT2D eigenvalue weighted by molar-refractivity contribution is 0.354. The average Bonchev–Trinajstić information content (AvgIpc) is 2.74. The Morgan fingerprint density at radius 1 is 0.645 bits per heavy atom. The minimum absolute atomic E-state index is 0.0557. The molecule has 0 spiro atoms. The molecule has 0 aliphatic carbocycles. The van der Waals surface area contributed by atoms with E-state index in [1.165, 1.54) is 68.8 Å². The first-order chi connectivity index (χ1) is 14.6. The van der Waals surface area contributed by atoms with E-state index in [4.69, 9.17) is 9.47 Å². The molecule has 0 radical (unpaired) electrons. The van der Waals surface area contributed by atoms with Crippen LogP contribution in [0, 0.1) is 5.82 Å². The second kappa shape index (κ2) is 8.82. The van der Waals surface area contributed by atoms with Crippen molar-refractivity contribution in [1.82, 2.24) is 0 Å². The Balaban J connectivity index is 1.79. The predicted octanol–water partition coefficient (Wildman–Crippen LogP) is 3.44. The van der Waals surface area contributed by atoms with Crippen LogP contribution in [0.25, 0.3) is 0 Å². The van der Waals surface area contributed by atoms with E-state index in [1.807, 2.05) is 0 Å². The molecule has 0 fully saturated rings. The van der Waals surface area contributed by atoms with Crippen molar-refractivity contribution in [2.75, 3.05) is 23.7 Å². The van der Waals surface area contributed by atoms with Crippen LogP contribution >= 0.6 is 0 Å². The first-order valence-corrected chi connectivity index (χ1v) is 11.7. The number of ether oxygens (including phenoxy) is 2. The van der Waals surface area contributed by atoms with Gasteiger partial charge < -0.3 is 9.47 Å². The normalized spacial score (nSPS) is 11.6. The van der Waals surface area contributed by atoms with Gasteiger partial charge in [0.15, 0.2) is 11.5 Å². The third-order valence-electron chi connectivity index (χ3n) is 4.18. The molecule has 0 saturated carbocycles. The van der Waals surface area contributed by atoms with Gasteiger partial charge in [-0.3, -0.25) is 9.44 Å². The van der Waals surface area contributed by atoms with Gasteiger partial charge in [-0.25, -0.2) is 21.2 Å². The van der Waals surface area contributed by atoms with Crippen molar-refractivity contribution in [3.05, 3.63) is 72.5 Å². The molecule has 3 rings (SSSR count). The number of anilines is 2. The van der Waals surface area contributed by atoms with Crippen LogP contribution in [0.1, 0.15) is 0 Å². The van der Waals surface area contributed by atoms with Gasteiger partial charge in [-0.05, 0) is 60.7 Å². The van der Waals surface area contributed by atoms with Crippen molar-refractivity contribution in [2.24, 2.45) is 0 Å². The Hall–Kier alpha value is -3.31. The highest BCUT2D eigenvalue weighted by Crippen LogP contribution is 2.30. The van der Waals surface area contributed by atoms with Crippen molar-refractivity contribution in [1.29, 1.82) is 0 Å². The van der Waals surface area contributed by atoms with E-state index in [0.717, 1.165) is 12.1 Å². The van der Waals surface area contributed by atoms with Gasteiger partial charge in [-0.1, -0.05) is 0 Å². The first-order valence-electron chi connectivity index (χ1n) is 8.78. The molecule has 2 N–H and O–H groups in total. The van der Waals surface area contributed by atoms with Gasteiger partial charge in [0.25, 0.3) is 20.0 Å². The Morgan fingerprint density at radius 2 is 1.10 bits per heavy atom. The van der Waals surface area contributed by atoms with Crippen molar-refractivity contribution < 1.29 is 30.7 Å². The zero-order valence-electron chi connectivity index (χ0n) is 16.5. The zero-order chi connectivity index (χ0) is 22.6. The molecule has 8 nitrogen and oxygen atoms in total. The number of hydrogen-bond acceptors (Lipinski definition) is 6. The fourth-order valence-corrected chi connectivity index (χ4v) is 4.76. The SMILES string of the molecule is COc1ccc(S(=O)(=O)Nc2ccc(S(=O)(=O)Nc3ccc(F)cc3)cc2)cc1OC. The summed E-state index contributed by atoms with van der Waals surface area (Å²) < 4.78 is 78.1. The summed E-state index contributed by atoms with van der Waals surface area (Å²) in [7, 11) is -5.07. The van der Waals surface area contributed by atoms with E-state index in [0.29, 0.717) is 5.75 Å². The molecule has 0 atom stereocenters. The maximum atomic E-state index is 13.0. The summed E-state index contributed by atoms with van der Waals surface area (Å²) in [5, 5.41) is 0. The van der Waals surface area contributed by atoms with Gasteiger partial charge in [0.05, 0.1) is 24.0 Å². The second-order valence-electron chi connectivity index (χ2n) is 6.26. The zero-order valence-corrected chi connectivity index (χ0v) is 18.1. The fraction of sp³-hybridized carbons (Fsp3) is 0.100. The molecule has 31 heavy (non-hydrogen) atoms. The number of benzene rings is 3. The van der Waals surface area contributed by atoms with Gasteiger partial charge in [0.1, 0.15) is 5.82 Å². The van der Waals surface area contributed by atoms with Crippen molar-refractivity contribution in [3.8, 4) is 11.5 Å². The largest absolute Gasteiger partial charge is 0.493 e. The van der Waals surface area contributed by atoms with Gasteiger partial charge in [-0.2, -0.15) is 0 Å². The molecule has 164 valence electrons. The Labute approximate surface area is 179 Å². The third kappa shape index (κ3) is 5.25. The lowest BCUT2D eigenvalue weighted by Crippen LogP contribution is -2.14. The standard InChI is InChI=1S/C20H19FN2O6S2/c1-28-19-12-11-18(13-20(19)29-2)31(26,27)23-16-7-9-17(10-8-16)30(24,25)22-15-5-3-14(21)4-6-15/h3-13,22-23H,1-2H3. The van der Waals surface area contributed by atoms with E-state index < -0.39 is 25.9 Å². The molecule has 0 saturated heterocycles. The van der Waals surface area contributed by atoms with E-state index in [1.54, 1.807) is 0 Å². The number of halogens is 1. The molecule has 3 aromatic rings. The summed E-state index contributed by atoms with van der Waals surface area (Å²) in [6, 6.07) is 14.1. The molecule has 0 amide bonds. The summed E-state index contributed by atoms with van der Waals surface area (Å²) in [6.45, 7) is 0. The Bertz CT molecular complexity index is 1280. The maximum Gasteiger partial charge on any atom is 0.262 e. The number of methoxy groups -OCH3 is 2. The third-order valence-corrected chi connectivity index (χ3v) is 6.95. The topological polar surface area (TPSA) is 111 Å². The van der Waals surface area contributed by atoms with Crippen molar-refractivity contribution >= 4 is 31.4 Å². The molecule has 0 heterocycles. The van der Waals surface area contributed by atoms with Gasteiger partial charge in [0, 0.05) is 17.4 Å². The fourth-order valence-electron chi connectivity index (χ4n) is 2.63. The van der Waals surface area contributed by atoms with E-state index in [9.17, 15) is 21.2 Å². The molecule has 0 bridgehead atoms. The average molecular weight is 467 g/mol. The van der Waals surface area contributed by atoms with E-state index >= 15 is 0 Å². The lowest BCUT2D eigenvalue weighted by Gasteiger charge is -2.12. The van der Waals surface area contributed by atoms with Gasteiger partial charge in [-0.15, -0.1) is 0 Å². The van der Waals surface area contributed by atoms with Crippen LogP contribution in [-0.4, -0.2) is 31.1 Å². The molecule has 0 aromatic heterocycles. The van der Waals surface area contributed by atoms with E-state index in [2.05, 4.69) is 9.44 Å². The minimum Gasteiger partial charge on any atom is -0.493 e. The predicted molar refractivity (Wildman–Crippen MR) is 114 cm³/mol.